The van der Waals surface area contributed by atoms with Crippen molar-refractivity contribution in [3.8, 4) is 5.69 Å². The molecule has 6 nitrogen and oxygen atoms in total. The lowest BCUT2D eigenvalue weighted by Gasteiger charge is -2.32. The maximum Gasteiger partial charge on any atom is 0.221 e. The van der Waals surface area contributed by atoms with Crippen LogP contribution in [0.15, 0.2) is 42.7 Å². The lowest BCUT2D eigenvalue weighted by molar-refractivity contribution is -0.122. The zero-order chi connectivity index (χ0) is 17.6. The van der Waals surface area contributed by atoms with E-state index >= 15 is 0 Å². The van der Waals surface area contributed by atoms with Crippen LogP contribution in [0.5, 0.6) is 0 Å². The van der Waals surface area contributed by atoms with Crippen LogP contribution in [-0.2, 0) is 4.79 Å². The lowest BCUT2D eigenvalue weighted by atomic mass is 10.1. The van der Waals surface area contributed by atoms with E-state index in [1.807, 2.05) is 48.1 Å². The summed E-state index contributed by atoms with van der Waals surface area (Å²) in [6.45, 7) is 7.09. The van der Waals surface area contributed by atoms with Crippen LogP contribution in [0.3, 0.4) is 0 Å². The second-order valence-electron chi connectivity index (χ2n) is 6.69. The first-order valence-electron chi connectivity index (χ1n) is 8.92. The van der Waals surface area contributed by atoms with Crippen LogP contribution in [0.2, 0.25) is 0 Å². The van der Waals surface area contributed by atoms with Crippen LogP contribution in [0.25, 0.3) is 5.69 Å². The molecule has 0 radical (unpaired) electrons. The smallest absolute Gasteiger partial charge is 0.221 e. The van der Waals surface area contributed by atoms with Crippen molar-refractivity contribution in [3.05, 3.63) is 48.3 Å². The Hall–Kier alpha value is -2.18. The highest BCUT2D eigenvalue weighted by Crippen LogP contribution is 2.21. The van der Waals surface area contributed by atoms with Crippen LogP contribution < -0.4 is 5.32 Å². The first-order valence-corrected chi connectivity index (χ1v) is 8.92. The molecule has 1 aromatic heterocycles. The molecule has 0 aliphatic carbocycles. The van der Waals surface area contributed by atoms with Crippen molar-refractivity contribution in [2.24, 2.45) is 0 Å². The molecular weight excluding hydrogens is 314 g/mol. The van der Waals surface area contributed by atoms with Crippen LogP contribution in [0.1, 0.15) is 24.9 Å². The van der Waals surface area contributed by atoms with Gasteiger partial charge in [0.15, 0.2) is 0 Å². The molecule has 1 saturated heterocycles. The zero-order valence-electron chi connectivity index (χ0n) is 15.1. The van der Waals surface area contributed by atoms with E-state index in [0.29, 0.717) is 6.42 Å². The molecule has 134 valence electrons. The van der Waals surface area contributed by atoms with Crippen molar-refractivity contribution < 1.29 is 4.79 Å². The van der Waals surface area contributed by atoms with Gasteiger partial charge in [-0.2, -0.15) is 5.10 Å². The summed E-state index contributed by atoms with van der Waals surface area (Å²) >= 11 is 0. The zero-order valence-corrected chi connectivity index (χ0v) is 15.1. The quantitative estimate of drug-likeness (QED) is 0.869. The number of hydrogen-bond acceptors (Lipinski definition) is 4. The van der Waals surface area contributed by atoms with Gasteiger partial charge >= 0.3 is 0 Å². The van der Waals surface area contributed by atoms with Crippen LogP contribution in [0.4, 0.5) is 0 Å². The summed E-state index contributed by atoms with van der Waals surface area (Å²) < 4.78 is 1.84. The first kappa shape index (κ1) is 17.6. The molecule has 1 aromatic carbocycles. The average molecular weight is 341 g/mol. The molecule has 2 aromatic rings. The predicted molar refractivity (Wildman–Crippen MR) is 98.7 cm³/mol. The van der Waals surface area contributed by atoms with Gasteiger partial charge in [-0.1, -0.05) is 18.2 Å². The molecule has 1 aliphatic rings. The highest BCUT2D eigenvalue weighted by Gasteiger charge is 2.17. The highest BCUT2D eigenvalue weighted by atomic mass is 16.1. The molecule has 0 bridgehead atoms. The molecule has 0 unspecified atom stereocenters. The second kappa shape index (κ2) is 8.27. The summed E-state index contributed by atoms with van der Waals surface area (Å²) in [5, 5.41) is 7.44. The normalized spacial score (nSPS) is 17.4. The fourth-order valence-electron chi connectivity index (χ4n) is 3.20. The molecule has 1 fully saturated rings. The monoisotopic (exact) mass is 341 g/mol. The molecule has 6 heteroatoms. The van der Waals surface area contributed by atoms with Gasteiger partial charge in [-0.15, -0.1) is 0 Å². The van der Waals surface area contributed by atoms with E-state index < -0.39 is 0 Å². The Bertz CT molecular complexity index is 677. The number of para-hydroxylation sites is 1. The second-order valence-corrected chi connectivity index (χ2v) is 6.69. The number of rotatable bonds is 6. The van der Waals surface area contributed by atoms with Crippen LogP contribution >= 0.6 is 0 Å². The molecule has 25 heavy (non-hydrogen) atoms. The van der Waals surface area contributed by atoms with Gasteiger partial charge in [0.1, 0.15) is 0 Å². The number of carbonyl (C=O) groups is 1. The lowest BCUT2D eigenvalue weighted by Crippen LogP contribution is -2.45. The van der Waals surface area contributed by atoms with E-state index in [2.05, 4.69) is 27.3 Å². The van der Waals surface area contributed by atoms with Gasteiger partial charge in [0.2, 0.25) is 5.91 Å². The van der Waals surface area contributed by atoms with E-state index in [0.717, 1.165) is 44.0 Å². The topological polar surface area (TPSA) is 53.4 Å². The molecular formula is C19H27N5O. The Labute approximate surface area is 149 Å². The number of nitrogens with one attached hydrogen (secondary N) is 1. The number of amides is 1. The molecule has 1 amide bonds. The van der Waals surface area contributed by atoms with Crippen molar-refractivity contribution >= 4 is 5.91 Å². The van der Waals surface area contributed by atoms with E-state index in [9.17, 15) is 4.79 Å². The molecule has 0 saturated carbocycles. The summed E-state index contributed by atoms with van der Waals surface area (Å²) in [5.41, 5.74) is 2.07. The van der Waals surface area contributed by atoms with Crippen molar-refractivity contribution in [1.29, 1.82) is 0 Å². The number of hydrogen-bond donors (Lipinski definition) is 1. The molecule has 2 heterocycles. The van der Waals surface area contributed by atoms with Gasteiger partial charge in [-0.3, -0.25) is 4.79 Å². The van der Waals surface area contributed by atoms with Gasteiger partial charge in [-0.05, 0) is 31.7 Å². The van der Waals surface area contributed by atoms with Crippen molar-refractivity contribution in [1.82, 2.24) is 24.9 Å². The standard InChI is InChI=1S/C19H27N5O/c1-16(17-6-3-4-7-18(17)24-10-5-9-20-24)21-19(25)8-11-23-14-12-22(2)13-15-23/h3-7,9-10,16H,8,11-15H2,1-2H3,(H,21,25)/t16-/m1/s1. The third-order valence-electron chi connectivity index (χ3n) is 4.78. The van der Waals surface area contributed by atoms with Gasteiger partial charge in [0, 0.05) is 51.5 Å². The number of likely N-dealkylation sites (N-methyl/N-ethyl adjacent to an activating group) is 1. The Kier molecular flexibility index (Phi) is 5.83. The predicted octanol–water partition coefficient (Wildman–Crippen LogP) is 1.69. The third kappa shape index (κ3) is 4.67. The number of piperazine rings is 1. The van der Waals surface area contributed by atoms with Crippen LogP contribution in [0, 0.1) is 0 Å². The van der Waals surface area contributed by atoms with Crippen molar-refractivity contribution in [3.63, 3.8) is 0 Å². The Morgan fingerprint density at radius 2 is 1.96 bits per heavy atom. The van der Waals surface area contributed by atoms with Gasteiger partial charge < -0.3 is 15.1 Å². The summed E-state index contributed by atoms with van der Waals surface area (Å²) in [7, 11) is 2.14. The Morgan fingerprint density at radius 3 is 2.68 bits per heavy atom. The minimum atomic E-state index is -0.0552. The maximum atomic E-state index is 12.4. The number of aromatic nitrogens is 2. The Morgan fingerprint density at radius 1 is 1.20 bits per heavy atom. The Balaban J connectivity index is 1.55. The number of nitrogens with zero attached hydrogens (tertiary/aromatic N) is 4. The van der Waals surface area contributed by atoms with E-state index in [-0.39, 0.29) is 11.9 Å². The average Bonchev–Trinajstić information content (AvgIpc) is 3.16. The molecule has 1 atom stereocenters. The number of carbonyl (C=O) groups excluding carboxylic acids is 1. The van der Waals surface area contributed by atoms with E-state index in [1.165, 1.54) is 0 Å². The van der Waals surface area contributed by atoms with Gasteiger partial charge in [-0.25, -0.2) is 4.68 Å². The van der Waals surface area contributed by atoms with Crippen molar-refractivity contribution in [2.75, 3.05) is 39.8 Å². The molecule has 0 spiro atoms. The fraction of sp³-hybridized carbons (Fsp3) is 0.474. The summed E-state index contributed by atoms with van der Waals surface area (Å²) in [6.07, 6.45) is 4.22. The minimum Gasteiger partial charge on any atom is -0.349 e. The maximum absolute atomic E-state index is 12.4. The SMILES string of the molecule is C[C@@H](NC(=O)CCN1CCN(C)CC1)c1ccccc1-n1cccn1. The van der Waals surface area contributed by atoms with Gasteiger partial charge in [0.25, 0.3) is 0 Å². The number of benzene rings is 1. The third-order valence-corrected chi connectivity index (χ3v) is 4.78. The van der Waals surface area contributed by atoms with Gasteiger partial charge in [0.05, 0.1) is 11.7 Å². The molecule has 1 N–H and O–H groups in total. The molecule has 1 aliphatic heterocycles. The summed E-state index contributed by atoms with van der Waals surface area (Å²) in [5.74, 6) is 0.0988. The minimum absolute atomic E-state index is 0.0552. The fourth-order valence-corrected chi connectivity index (χ4v) is 3.20. The molecule has 3 rings (SSSR count). The largest absolute Gasteiger partial charge is 0.349 e. The summed E-state index contributed by atoms with van der Waals surface area (Å²) in [6, 6.07) is 9.89. The van der Waals surface area contributed by atoms with E-state index in [1.54, 1.807) is 6.20 Å². The summed E-state index contributed by atoms with van der Waals surface area (Å²) in [4.78, 5) is 17.0. The van der Waals surface area contributed by atoms with E-state index in [4.69, 9.17) is 0 Å². The van der Waals surface area contributed by atoms with Crippen molar-refractivity contribution in [2.45, 2.75) is 19.4 Å². The van der Waals surface area contributed by atoms with Crippen LogP contribution in [-0.4, -0.2) is 65.3 Å². The highest BCUT2D eigenvalue weighted by molar-refractivity contribution is 5.76. The first-order chi connectivity index (χ1) is 12.1.